The van der Waals surface area contributed by atoms with E-state index in [1.54, 1.807) is 24.5 Å². The Balaban J connectivity index is 1.39. The molecule has 2 aliphatic carbocycles. The number of aliphatic hydroxyl groups is 1. The van der Waals surface area contributed by atoms with Crippen molar-refractivity contribution >= 4 is 17.6 Å². The fraction of sp³-hybridized carbons (Fsp3) is 0.536. The van der Waals surface area contributed by atoms with Gasteiger partial charge in [-0.15, -0.1) is 0 Å². The topological polar surface area (TPSA) is 103 Å². The van der Waals surface area contributed by atoms with Gasteiger partial charge in [0.15, 0.2) is 0 Å². The number of nitrogens with one attached hydrogen (secondary N) is 3. The van der Waals surface area contributed by atoms with Gasteiger partial charge >= 0.3 is 6.03 Å². The summed E-state index contributed by atoms with van der Waals surface area (Å²) >= 11 is 0. The molecule has 7 atom stereocenters. The molecule has 0 saturated heterocycles. The molecule has 7 nitrogen and oxygen atoms in total. The number of amides is 3. The molecule has 3 amide bonds. The quantitative estimate of drug-likeness (QED) is 0.473. The molecule has 4 N–H and O–H groups in total. The number of rotatable bonds is 6. The highest BCUT2D eigenvalue weighted by Crippen LogP contribution is 2.55. The summed E-state index contributed by atoms with van der Waals surface area (Å²) in [6.07, 6.45) is 6.21. The molecule has 4 rings (SSSR count). The van der Waals surface area contributed by atoms with E-state index in [0.29, 0.717) is 12.2 Å². The van der Waals surface area contributed by atoms with Crippen LogP contribution >= 0.6 is 0 Å². The molecule has 0 spiro atoms. The molecule has 1 unspecified atom stereocenters. The first-order valence-electron chi connectivity index (χ1n) is 12.9. The van der Waals surface area contributed by atoms with Gasteiger partial charge in [-0.25, -0.2) is 9.18 Å². The molecule has 2 aliphatic rings. The summed E-state index contributed by atoms with van der Waals surface area (Å²) in [7, 11) is 0. The number of hydrogen-bond donors (Lipinski definition) is 4. The zero-order valence-corrected chi connectivity index (χ0v) is 21.2. The summed E-state index contributed by atoms with van der Waals surface area (Å²) in [5.41, 5.74) is 1.28. The fourth-order valence-electron chi connectivity index (χ4n) is 6.45. The Morgan fingerprint density at radius 1 is 1.22 bits per heavy atom. The van der Waals surface area contributed by atoms with Crippen LogP contribution in [0.25, 0.3) is 0 Å². The number of carbonyl (C=O) groups excluding carboxylic acids is 2. The Hall–Kier alpha value is -3.00. The van der Waals surface area contributed by atoms with Gasteiger partial charge in [0.25, 0.3) is 0 Å². The molecule has 1 aromatic carbocycles. The maximum Gasteiger partial charge on any atom is 0.319 e. The van der Waals surface area contributed by atoms with Gasteiger partial charge in [-0.2, -0.15) is 0 Å². The van der Waals surface area contributed by atoms with Gasteiger partial charge in [0.1, 0.15) is 5.82 Å². The van der Waals surface area contributed by atoms with E-state index in [1.165, 1.54) is 12.1 Å². The minimum atomic E-state index is -0.645. The maximum atomic E-state index is 13.5. The van der Waals surface area contributed by atoms with Crippen molar-refractivity contribution in [2.45, 2.75) is 65.1 Å². The van der Waals surface area contributed by atoms with Gasteiger partial charge in [-0.05, 0) is 78.7 Å². The number of anilines is 1. The van der Waals surface area contributed by atoms with Crippen LogP contribution in [0.4, 0.5) is 14.9 Å². The lowest BCUT2D eigenvalue weighted by Gasteiger charge is -2.56. The third kappa shape index (κ3) is 5.69. The van der Waals surface area contributed by atoms with Crippen LogP contribution in [-0.2, 0) is 11.3 Å². The molecular weight excluding hydrogens is 459 g/mol. The molecule has 2 saturated carbocycles. The van der Waals surface area contributed by atoms with Gasteiger partial charge in [0, 0.05) is 36.6 Å². The Labute approximate surface area is 212 Å². The summed E-state index contributed by atoms with van der Waals surface area (Å²) in [4.78, 5) is 29.7. The average Bonchev–Trinajstić information content (AvgIpc) is 2.85. The van der Waals surface area contributed by atoms with Crippen LogP contribution in [-0.4, -0.2) is 34.2 Å². The molecule has 2 fully saturated rings. The molecular formula is C28H37FN4O3. The lowest BCUT2D eigenvalue weighted by atomic mass is 9.52. The minimum Gasteiger partial charge on any atom is -0.392 e. The number of aromatic nitrogens is 1. The molecule has 194 valence electrons. The molecule has 2 aromatic rings. The van der Waals surface area contributed by atoms with Crippen molar-refractivity contribution in [3.05, 3.63) is 60.2 Å². The summed E-state index contributed by atoms with van der Waals surface area (Å²) in [6, 6.07) is 9.04. The Morgan fingerprint density at radius 2 is 2.00 bits per heavy atom. The van der Waals surface area contributed by atoms with Crippen molar-refractivity contribution in [2.24, 2.45) is 29.1 Å². The van der Waals surface area contributed by atoms with Crippen LogP contribution in [0.5, 0.6) is 0 Å². The molecule has 8 heteroatoms. The SMILES string of the molecule is C[C@H]1[C@@H]2[C@@H](O)C([C@H](C)C(=O)NCc3cccnc3)CC[C@@]2(C)CC[C@@H]1NC(=O)Nc1cccc(F)c1. The maximum absolute atomic E-state index is 13.5. The summed E-state index contributed by atoms with van der Waals surface area (Å²) < 4.78 is 13.5. The number of halogens is 1. The van der Waals surface area contributed by atoms with E-state index in [2.05, 4.69) is 34.8 Å². The number of fused-ring (bicyclic) bond motifs is 1. The lowest BCUT2D eigenvalue weighted by molar-refractivity contribution is -0.142. The van der Waals surface area contributed by atoms with Crippen LogP contribution in [0.3, 0.4) is 0 Å². The monoisotopic (exact) mass is 496 g/mol. The van der Waals surface area contributed by atoms with E-state index in [9.17, 15) is 19.1 Å². The van der Waals surface area contributed by atoms with Gasteiger partial charge in [0.05, 0.1) is 6.10 Å². The Morgan fingerprint density at radius 3 is 2.72 bits per heavy atom. The summed E-state index contributed by atoms with van der Waals surface area (Å²) in [5, 5.41) is 20.3. The van der Waals surface area contributed by atoms with Crippen LogP contribution in [0.2, 0.25) is 0 Å². The largest absolute Gasteiger partial charge is 0.392 e. The molecule has 0 aliphatic heterocycles. The Kier molecular flexibility index (Phi) is 7.93. The first kappa shape index (κ1) is 26.1. The first-order valence-corrected chi connectivity index (χ1v) is 12.9. The zero-order chi connectivity index (χ0) is 25.9. The molecule has 1 heterocycles. The third-order valence-electron chi connectivity index (χ3n) is 8.53. The van der Waals surface area contributed by atoms with E-state index < -0.39 is 11.9 Å². The number of pyridine rings is 1. The van der Waals surface area contributed by atoms with Crippen LogP contribution < -0.4 is 16.0 Å². The van der Waals surface area contributed by atoms with E-state index in [-0.39, 0.29) is 47.1 Å². The second-order valence-corrected chi connectivity index (χ2v) is 10.9. The van der Waals surface area contributed by atoms with Crippen molar-refractivity contribution in [3.63, 3.8) is 0 Å². The highest BCUT2D eigenvalue weighted by atomic mass is 19.1. The predicted octanol–water partition coefficient (Wildman–Crippen LogP) is 4.49. The first-order chi connectivity index (χ1) is 17.2. The summed E-state index contributed by atoms with van der Waals surface area (Å²) in [5.74, 6) is -0.996. The van der Waals surface area contributed by atoms with E-state index >= 15 is 0 Å². The van der Waals surface area contributed by atoms with Crippen molar-refractivity contribution < 1.29 is 19.1 Å². The minimum absolute atomic E-state index is 0.0189. The van der Waals surface area contributed by atoms with Gasteiger partial charge < -0.3 is 21.1 Å². The van der Waals surface area contributed by atoms with E-state index in [0.717, 1.165) is 31.2 Å². The highest BCUT2D eigenvalue weighted by Gasteiger charge is 2.53. The fourth-order valence-corrected chi connectivity index (χ4v) is 6.45. The standard InChI is InChI=1S/C28H37FN4O3/c1-17(26(35)31-16-19-6-5-13-30-15-19)22-9-11-28(3)12-10-23(18(2)24(28)25(22)34)33-27(36)32-21-8-4-7-20(29)14-21/h4-8,13-15,17-18,22-25,34H,9-12,16H2,1-3H3,(H,31,35)(H2,32,33,36)/t17-,18+,22?,23-,24+,25-,28-/m0/s1. The zero-order valence-electron chi connectivity index (χ0n) is 21.2. The predicted molar refractivity (Wildman–Crippen MR) is 136 cm³/mol. The van der Waals surface area contributed by atoms with Crippen molar-refractivity contribution in [3.8, 4) is 0 Å². The summed E-state index contributed by atoms with van der Waals surface area (Å²) in [6.45, 7) is 6.60. The third-order valence-corrected chi connectivity index (χ3v) is 8.53. The number of urea groups is 1. The van der Waals surface area contributed by atoms with Crippen molar-refractivity contribution in [1.29, 1.82) is 0 Å². The smallest absolute Gasteiger partial charge is 0.319 e. The number of carbonyl (C=O) groups is 2. The van der Waals surface area contributed by atoms with Crippen LogP contribution in [0.1, 0.15) is 52.0 Å². The molecule has 1 aromatic heterocycles. The second kappa shape index (κ2) is 10.9. The van der Waals surface area contributed by atoms with E-state index in [4.69, 9.17) is 0 Å². The number of aliphatic hydroxyl groups excluding tert-OH is 1. The molecule has 36 heavy (non-hydrogen) atoms. The van der Waals surface area contributed by atoms with Crippen LogP contribution in [0.15, 0.2) is 48.8 Å². The van der Waals surface area contributed by atoms with Gasteiger partial charge in [-0.3, -0.25) is 9.78 Å². The highest BCUT2D eigenvalue weighted by molar-refractivity contribution is 5.89. The molecule has 0 radical (unpaired) electrons. The number of hydrogen-bond acceptors (Lipinski definition) is 4. The van der Waals surface area contributed by atoms with Crippen LogP contribution in [0, 0.1) is 34.9 Å². The van der Waals surface area contributed by atoms with E-state index in [1.807, 2.05) is 19.1 Å². The van der Waals surface area contributed by atoms with Gasteiger partial charge in [-0.1, -0.05) is 32.9 Å². The van der Waals surface area contributed by atoms with Crippen molar-refractivity contribution in [1.82, 2.24) is 15.6 Å². The van der Waals surface area contributed by atoms with Crippen molar-refractivity contribution in [2.75, 3.05) is 5.32 Å². The Bertz CT molecular complexity index is 1070. The molecule has 0 bridgehead atoms. The van der Waals surface area contributed by atoms with Gasteiger partial charge in [0.2, 0.25) is 5.91 Å². The number of benzene rings is 1. The average molecular weight is 497 g/mol. The number of nitrogens with zero attached hydrogens (tertiary/aromatic N) is 1. The second-order valence-electron chi connectivity index (χ2n) is 10.9. The lowest BCUT2D eigenvalue weighted by Crippen LogP contribution is -2.58. The normalized spacial score (nSPS) is 30.5.